The van der Waals surface area contributed by atoms with Crippen molar-refractivity contribution in [1.82, 2.24) is 4.90 Å². The fraction of sp³-hybridized carbons (Fsp3) is 0.250. The maximum atomic E-state index is 13.7. The van der Waals surface area contributed by atoms with Crippen molar-refractivity contribution in [1.29, 1.82) is 0 Å². The zero-order valence-electron chi connectivity index (χ0n) is 18.6. The molecule has 0 aromatic heterocycles. The molecule has 4 aliphatic rings. The van der Waals surface area contributed by atoms with Gasteiger partial charge in [0.2, 0.25) is 11.8 Å². The summed E-state index contributed by atoms with van der Waals surface area (Å²) < 4.78 is 5.33. The molecule has 2 amide bonds. The van der Waals surface area contributed by atoms with Gasteiger partial charge in [-0.1, -0.05) is 78.9 Å². The van der Waals surface area contributed by atoms with Gasteiger partial charge < -0.3 is 4.74 Å². The molecule has 3 aromatic carbocycles. The first kappa shape index (κ1) is 22.3. The Balaban J connectivity index is 1.31. The molecule has 1 saturated heterocycles. The largest absolute Gasteiger partial charge is 0.461 e. The maximum Gasteiger partial charge on any atom is 0.307 e. The van der Waals surface area contributed by atoms with Crippen LogP contribution in [-0.4, -0.2) is 29.2 Å². The second-order valence-electron chi connectivity index (χ2n) is 9.19. The smallest absolute Gasteiger partial charge is 0.307 e. The van der Waals surface area contributed by atoms with Gasteiger partial charge in [-0.3, -0.25) is 19.3 Å². The number of hydrogen-bond acceptors (Lipinski definition) is 4. The Morgan fingerprint density at radius 3 is 1.63 bits per heavy atom. The highest BCUT2D eigenvalue weighted by atomic mass is 35.5. The van der Waals surface area contributed by atoms with Crippen LogP contribution in [0.3, 0.4) is 0 Å². The lowest BCUT2D eigenvalue weighted by molar-refractivity contribution is -0.146. The minimum atomic E-state index is -1.22. The molecule has 0 N–H and O–H groups in total. The number of halogens is 2. The van der Waals surface area contributed by atoms with Crippen molar-refractivity contribution in [3.05, 3.63) is 107 Å². The molecule has 3 aromatic rings. The van der Waals surface area contributed by atoms with E-state index in [4.69, 9.17) is 27.9 Å². The number of hydrogen-bond donors (Lipinski definition) is 0. The molecule has 7 heteroatoms. The van der Waals surface area contributed by atoms with Crippen molar-refractivity contribution in [3.63, 3.8) is 0 Å². The first-order chi connectivity index (χ1) is 16.9. The summed E-state index contributed by atoms with van der Waals surface area (Å²) in [5, 5.41) is 0. The Hall–Kier alpha value is -3.15. The van der Waals surface area contributed by atoms with Crippen LogP contribution in [0.4, 0.5) is 0 Å². The lowest BCUT2D eigenvalue weighted by Crippen LogP contribution is -2.57. The third kappa shape index (κ3) is 2.98. The molecule has 176 valence electrons. The number of carbonyl (C=O) groups excluding carboxylic acids is 3. The van der Waals surface area contributed by atoms with Gasteiger partial charge in [0, 0.05) is 6.54 Å². The quantitative estimate of drug-likeness (QED) is 0.286. The Bertz CT molecular complexity index is 1250. The van der Waals surface area contributed by atoms with E-state index in [1.807, 2.05) is 78.9 Å². The zero-order chi connectivity index (χ0) is 24.4. The number of nitrogens with zero attached hydrogens (tertiary/aromatic N) is 1. The lowest BCUT2D eigenvalue weighted by atomic mass is 9.54. The first-order valence-corrected chi connectivity index (χ1v) is 12.3. The fourth-order valence-electron chi connectivity index (χ4n) is 5.96. The van der Waals surface area contributed by atoms with Gasteiger partial charge in [-0.25, -0.2) is 0 Å². The summed E-state index contributed by atoms with van der Waals surface area (Å²) in [5.74, 6) is -3.02. The highest BCUT2D eigenvalue weighted by molar-refractivity contribution is 6.36. The van der Waals surface area contributed by atoms with Gasteiger partial charge in [-0.2, -0.15) is 0 Å². The van der Waals surface area contributed by atoms with E-state index in [-0.39, 0.29) is 19.6 Å². The highest BCUT2D eigenvalue weighted by Gasteiger charge is 2.72. The molecule has 1 fully saturated rings. The van der Waals surface area contributed by atoms with E-state index < -0.39 is 39.4 Å². The molecule has 0 spiro atoms. The molecule has 7 rings (SSSR count). The van der Waals surface area contributed by atoms with E-state index in [2.05, 4.69) is 0 Å². The molecular formula is C28H21Cl2NO4. The predicted octanol–water partition coefficient (Wildman–Crippen LogP) is 4.71. The Morgan fingerprint density at radius 2 is 1.17 bits per heavy atom. The van der Waals surface area contributed by atoms with Gasteiger partial charge in [-0.05, 0) is 27.8 Å². The van der Waals surface area contributed by atoms with E-state index in [0.29, 0.717) is 0 Å². The van der Waals surface area contributed by atoms with Crippen LogP contribution in [0.1, 0.15) is 34.2 Å². The minimum absolute atomic E-state index is 0.0785. The second kappa shape index (κ2) is 7.94. The van der Waals surface area contributed by atoms with Crippen LogP contribution in [0.15, 0.2) is 78.9 Å². The topological polar surface area (TPSA) is 63.7 Å². The monoisotopic (exact) mass is 505 g/mol. The predicted molar refractivity (Wildman–Crippen MR) is 131 cm³/mol. The van der Waals surface area contributed by atoms with Gasteiger partial charge in [0.25, 0.3) is 0 Å². The number of rotatable bonds is 5. The minimum Gasteiger partial charge on any atom is -0.461 e. The zero-order valence-corrected chi connectivity index (χ0v) is 20.1. The molecule has 5 nitrogen and oxygen atoms in total. The molecule has 2 bridgehead atoms. The van der Waals surface area contributed by atoms with E-state index in [9.17, 15) is 14.4 Å². The number of carbonyl (C=O) groups is 3. The summed E-state index contributed by atoms with van der Waals surface area (Å²) in [6, 6.07) is 24.3. The van der Waals surface area contributed by atoms with Crippen LogP contribution in [-0.2, 0) is 35.5 Å². The van der Waals surface area contributed by atoms with Crippen LogP contribution >= 0.6 is 23.2 Å². The van der Waals surface area contributed by atoms with Crippen LogP contribution < -0.4 is 0 Å². The van der Waals surface area contributed by atoms with Gasteiger partial charge in [0.15, 0.2) is 0 Å². The average molecular weight is 506 g/mol. The van der Waals surface area contributed by atoms with E-state index in [1.165, 1.54) is 0 Å². The first-order valence-electron chi connectivity index (χ1n) is 11.5. The number of likely N-dealkylation sites (tertiary alicyclic amines) is 1. The van der Waals surface area contributed by atoms with Gasteiger partial charge >= 0.3 is 5.97 Å². The van der Waals surface area contributed by atoms with Crippen LogP contribution in [0.2, 0.25) is 0 Å². The molecule has 0 radical (unpaired) electrons. The summed E-state index contributed by atoms with van der Waals surface area (Å²) in [7, 11) is 0. The van der Waals surface area contributed by atoms with Gasteiger partial charge in [-0.15, -0.1) is 23.2 Å². The molecule has 35 heavy (non-hydrogen) atoms. The van der Waals surface area contributed by atoms with Crippen LogP contribution in [0.5, 0.6) is 0 Å². The summed E-state index contributed by atoms with van der Waals surface area (Å²) in [5.41, 5.74) is 3.87. The maximum absolute atomic E-state index is 13.7. The molecule has 0 saturated carbocycles. The van der Waals surface area contributed by atoms with Crippen molar-refractivity contribution in [2.45, 2.75) is 22.8 Å². The van der Waals surface area contributed by atoms with Crippen molar-refractivity contribution < 1.29 is 19.1 Å². The molecule has 1 heterocycles. The number of alkyl halides is 2. The fourth-order valence-corrected chi connectivity index (χ4v) is 7.06. The number of imide groups is 1. The van der Waals surface area contributed by atoms with Crippen molar-refractivity contribution in [3.8, 4) is 0 Å². The SMILES string of the molecule is O=C(CCN1C(=O)[C@H]2[C@H](C1=O)C1(Cl)c3ccccc3C2(Cl)c2ccccc21)OCc1ccccc1. The van der Waals surface area contributed by atoms with Crippen molar-refractivity contribution in [2.24, 2.45) is 11.8 Å². The van der Waals surface area contributed by atoms with E-state index >= 15 is 0 Å². The Morgan fingerprint density at radius 1 is 0.743 bits per heavy atom. The van der Waals surface area contributed by atoms with E-state index in [0.717, 1.165) is 32.7 Å². The summed E-state index contributed by atoms with van der Waals surface area (Å²) in [4.78, 5) is 38.5. The molecule has 2 atom stereocenters. The highest BCUT2D eigenvalue weighted by Crippen LogP contribution is 2.69. The second-order valence-corrected chi connectivity index (χ2v) is 10.4. The standard InChI is InChI=1S/C28H21Cl2NO4/c29-27-18-10-4-5-11-19(18)28(30,21-13-7-6-12-20(21)27)24-23(27)25(33)31(26(24)34)15-14-22(32)35-16-17-8-2-1-3-9-17/h1-13,23-24H,14-16H2/t23-,24-,27?,28?/m1/s1. The molecule has 0 unspecified atom stereocenters. The van der Waals surface area contributed by atoms with Crippen LogP contribution in [0, 0.1) is 11.8 Å². The Labute approximate surface area is 212 Å². The average Bonchev–Trinajstić information content (AvgIpc) is 3.15. The third-order valence-corrected chi connectivity index (χ3v) is 8.74. The Kier molecular flexibility index (Phi) is 5.06. The van der Waals surface area contributed by atoms with Crippen molar-refractivity contribution in [2.75, 3.05) is 6.54 Å². The number of esters is 1. The lowest BCUT2D eigenvalue weighted by Gasteiger charge is -2.54. The molecular weight excluding hydrogens is 485 g/mol. The number of ether oxygens (including phenoxy) is 1. The summed E-state index contributed by atoms with van der Waals surface area (Å²) in [6.07, 6.45) is -0.103. The van der Waals surface area contributed by atoms with Crippen molar-refractivity contribution >= 4 is 41.0 Å². The number of amides is 2. The normalized spacial score (nSPS) is 27.9. The third-order valence-electron chi connectivity index (χ3n) is 7.46. The van der Waals surface area contributed by atoms with Gasteiger partial charge in [0.05, 0.1) is 18.3 Å². The molecule has 3 aliphatic carbocycles. The number of benzene rings is 3. The van der Waals surface area contributed by atoms with E-state index in [1.54, 1.807) is 0 Å². The summed E-state index contributed by atoms with van der Waals surface area (Å²) in [6.45, 7) is 0.0535. The molecule has 1 aliphatic heterocycles. The van der Waals surface area contributed by atoms with Crippen LogP contribution in [0.25, 0.3) is 0 Å². The summed E-state index contributed by atoms with van der Waals surface area (Å²) >= 11 is 14.8. The van der Waals surface area contributed by atoms with Gasteiger partial charge in [0.1, 0.15) is 16.4 Å².